The van der Waals surface area contributed by atoms with Crippen LogP contribution < -0.4 is 0 Å². The van der Waals surface area contributed by atoms with Gasteiger partial charge in [0.15, 0.2) is 9.84 Å². The number of aliphatic hydroxyl groups is 1. The topological polar surface area (TPSA) is 87.0 Å². The lowest BCUT2D eigenvalue weighted by molar-refractivity contribution is -0.000148. The zero-order chi connectivity index (χ0) is 22.9. The van der Waals surface area contributed by atoms with Gasteiger partial charge in [0, 0.05) is 24.0 Å². The summed E-state index contributed by atoms with van der Waals surface area (Å²) in [6.07, 6.45) is 4.58. The van der Waals surface area contributed by atoms with Crippen molar-refractivity contribution in [2.24, 2.45) is 10.6 Å². The van der Waals surface area contributed by atoms with E-state index < -0.39 is 15.4 Å². The van der Waals surface area contributed by atoms with E-state index in [4.69, 9.17) is 0 Å². The highest BCUT2D eigenvalue weighted by Gasteiger charge is 2.40. The van der Waals surface area contributed by atoms with Crippen LogP contribution in [0.3, 0.4) is 0 Å². The molecule has 0 aliphatic heterocycles. The van der Waals surface area contributed by atoms with Gasteiger partial charge in [-0.1, -0.05) is 48.5 Å². The molecule has 0 amide bonds. The van der Waals surface area contributed by atoms with Crippen molar-refractivity contribution in [1.29, 1.82) is 0 Å². The van der Waals surface area contributed by atoms with Crippen molar-refractivity contribution >= 4 is 15.5 Å². The van der Waals surface area contributed by atoms with Gasteiger partial charge < -0.3 is 10.3 Å². The minimum absolute atomic E-state index is 0.0695. The molecule has 0 bridgehead atoms. The Morgan fingerprint density at radius 1 is 1.03 bits per heavy atom. The first-order chi connectivity index (χ1) is 14.5. The summed E-state index contributed by atoms with van der Waals surface area (Å²) in [5.74, 6) is -0.0695. The Morgan fingerprint density at radius 2 is 1.61 bits per heavy atom. The number of aryl methyl sites for hydroxylation is 1. The second-order valence-corrected chi connectivity index (χ2v) is 11.6. The van der Waals surface area contributed by atoms with Gasteiger partial charge in [-0.25, -0.2) is 8.42 Å². The van der Waals surface area contributed by atoms with E-state index in [-0.39, 0.29) is 16.2 Å². The molecule has 1 fully saturated rings. The maximum atomic E-state index is 11.9. The van der Waals surface area contributed by atoms with Crippen molar-refractivity contribution in [2.75, 3.05) is 6.26 Å². The summed E-state index contributed by atoms with van der Waals surface area (Å²) in [7, 11) is -3.27. The third-order valence-electron chi connectivity index (χ3n) is 6.92. The Bertz CT molecular complexity index is 1050. The molecular formula is C25H33NO4S. The average Bonchev–Trinajstić information content (AvgIpc) is 2.72. The molecule has 1 saturated carbocycles. The fourth-order valence-electron chi connectivity index (χ4n) is 4.56. The standard InChI is InChI=1S/C25H33NO4S/c1-18-7-5-6-8-21(18)22(19-9-11-20(12-10-19)31(4,29)30)17-23(26-28)24(2)13-15-25(3,27)16-14-24/h5-12,22,27-28H,13-17H2,1-4H3/b26-23+/t22?,24-,25-. The van der Waals surface area contributed by atoms with Crippen LogP contribution in [-0.2, 0) is 9.84 Å². The minimum atomic E-state index is -3.27. The third-order valence-corrected chi connectivity index (χ3v) is 8.05. The molecule has 0 radical (unpaired) electrons. The fourth-order valence-corrected chi connectivity index (χ4v) is 5.19. The van der Waals surface area contributed by atoms with E-state index in [0.29, 0.717) is 19.3 Å². The zero-order valence-corrected chi connectivity index (χ0v) is 19.6. The van der Waals surface area contributed by atoms with Crippen molar-refractivity contribution in [1.82, 2.24) is 0 Å². The van der Waals surface area contributed by atoms with Crippen molar-refractivity contribution in [2.45, 2.75) is 69.3 Å². The Morgan fingerprint density at radius 3 is 2.13 bits per heavy atom. The van der Waals surface area contributed by atoms with Crippen LogP contribution in [0.25, 0.3) is 0 Å². The molecule has 1 atom stereocenters. The Hall–Kier alpha value is -2.18. The van der Waals surface area contributed by atoms with Gasteiger partial charge in [-0.05, 0) is 68.4 Å². The summed E-state index contributed by atoms with van der Waals surface area (Å²) in [4.78, 5) is 0.289. The quantitative estimate of drug-likeness (QED) is 0.370. The average molecular weight is 444 g/mol. The van der Waals surface area contributed by atoms with Crippen molar-refractivity contribution < 1.29 is 18.7 Å². The molecule has 0 aromatic heterocycles. The van der Waals surface area contributed by atoms with Crippen LogP contribution in [-0.4, -0.2) is 36.3 Å². The molecule has 5 nitrogen and oxygen atoms in total. The van der Waals surface area contributed by atoms with Gasteiger partial charge in [0.2, 0.25) is 0 Å². The predicted molar refractivity (Wildman–Crippen MR) is 124 cm³/mol. The van der Waals surface area contributed by atoms with E-state index >= 15 is 0 Å². The van der Waals surface area contributed by atoms with Crippen LogP contribution >= 0.6 is 0 Å². The molecule has 6 heteroatoms. The van der Waals surface area contributed by atoms with Gasteiger partial charge in [0.25, 0.3) is 0 Å². The van der Waals surface area contributed by atoms with E-state index in [9.17, 15) is 18.7 Å². The normalized spacial score (nSPS) is 25.9. The first-order valence-corrected chi connectivity index (χ1v) is 12.6. The summed E-state index contributed by atoms with van der Waals surface area (Å²) in [6.45, 7) is 6.03. The number of oxime groups is 1. The molecule has 2 N–H and O–H groups in total. The monoisotopic (exact) mass is 443 g/mol. The first-order valence-electron chi connectivity index (χ1n) is 10.7. The molecule has 31 heavy (non-hydrogen) atoms. The Labute approximate surface area is 185 Å². The van der Waals surface area contributed by atoms with Crippen molar-refractivity contribution in [3.63, 3.8) is 0 Å². The van der Waals surface area contributed by atoms with Crippen LogP contribution in [0.4, 0.5) is 0 Å². The number of hydrogen-bond donors (Lipinski definition) is 2. The molecule has 1 aliphatic carbocycles. The van der Waals surface area contributed by atoms with Crippen LogP contribution in [0.2, 0.25) is 0 Å². The molecular weight excluding hydrogens is 410 g/mol. The first kappa shape index (κ1) is 23.5. The van der Waals surface area contributed by atoms with Crippen LogP contribution in [0.5, 0.6) is 0 Å². The molecule has 168 valence electrons. The van der Waals surface area contributed by atoms with E-state index in [1.165, 1.54) is 6.26 Å². The fraction of sp³-hybridized carbons (Fsp3) is 0.480. The molecule has 0 heterocycles. The van der Waals surface area contributed by atoms with Crippen LogP contribution in [0.1, 0.15) is 68.6 Å². The number of benzene rings is 2. The lowest BCUT2D eigenvalue weighted by Crippen LogP contribution is -2.40. The van der Waals surface area contributed by atoms with Gasteiger partial charge in [-0.3, -0.25) is 0 Å². The van der Waals surface area contributed by atoms with E-state index in [0.717, 1.165) is 35.2 Å². The van der Waals surface area contributed by atoms with E-state index in [1.54, 1.807) is 12.1 Å². The molecule has 2 aromatic rings. The lowest BCUT2D eigenvalue weighted by Gasteiger charge is -2.41. The van der Waals surface area contributed by atoms with Gasteiger partial charge in [0.1, 0.15) is 0 Å². The van der Waals surface area contributed by atoms with Crippen LogP contribution in [0.15, 0.2) is 58.6 Å². The molecule has 1 aliphatic rings. The van der Waals surface area contributed by atoms with Crippen LogP contribution in [0, 0.1) is 12.3 Å². The Kier molecular flexibility index (Phi) is 6.63. The smallest absolute Gasteiger partial charge is 0.175 e. The van der Waals surface area contributed by atoms with Gasteiger partial charge in [-0.15, -0.1) is 0 Å². The summed E-state index contributed by atoms with van der Waals surface area (Å²) in [6, 6.07) is 15.1. The predicted octanol–water partition coefficient (Wildman–Crippen LogP) is 5.08. The maximum absolute atomic E-state index is 11.9. The largest absolute Gasteiger partial charge is 0.411 e. The zero-order valence-electron chi connectivity index (χ0n) is 18.8. The van der Waals surface area contributed by atoms with E-state index in [2.05, 4.69) is 31.1 Å². The molecule has 0 spiro atoms. The number of sulfone groups is 1. The number of hydrogen-bond acceptors (Lipinski definition) is 5. The molecule has 0 saturated heterocycles. The number of nitrogens with zero attached hydrogens (tertiary/aromatic N) is 1. The molecule has 1 unspecified atom stereocenters. The van der Waals surface area contributed by atoms with E-state index in [1.807, 2.05) is 31.2 Å². The SMILES string of the molecule is Cc1ccccc1C(C/C(=N\O)[C@]1(C)CC[C@@](C)(O)CC1)c1ccc(S(C)(=O)=O)cc1. The van der Waals surface area contributed by atoms with Crippen molar-refractivity contribution in [3.05, 3.63) is 65.2 Å². The summed E-state index contributed by atoms with van der Waals surface area (Å²) < 4.78 is 23.8. The number of rotatable bonds is 6. The van der Waals surface area contributed by atoms with Crippen molar-refractivity contribution in [3.8, 4) is 0 Å². The summed E-state index contributed by atoms with van der Waals surface area (Å²) in [5.41, 5.74) is 3.01. The minimum Gasteiger partial charge on any atom is -0.411 e. The summed E-state index contributed by atoms with van der Waals surface area (Å²) in [5, 5.41) is 24.1. The second-order valence-electron chi connectivity index (χ2n) is 9.56. The highest BCUT2D eigenvalue weighted by Crippen LogP contribution is 2.44. The molecule has 3 rings (SSSR count). The third kappa shape index (κ3) is 5.36. The highest BCUT2D eigenvalue weighted by molar-refractivity contribution is 7.90. The van der Waals surface area contributed by atoms with Gasteiger partial charge in [0.05, 0.1) is 16.2 Å². The molecule has 2 aromatic carbocycles. The highest BCUT2D eigenvalue weighted by atomic mass is 32.2. The van der Waals surface area contributed by atoms with Gasteiger partial charge >= 0.3 is 0 Å². The Balaban J connectivity index is 1.98. The van der Waals surface area contributed by atoms with Gasteiger partial charge in [-0.2, -0.15) is 0 Å². The maximum Gasteiger partial charge on any atom is 0.175 e. The lowest BCUT2D eigenvalue weighted by atomic mass is 9.65. The summed E-state index contributed by atoms with van der Waals surface area (Å²) >= 11 is 0. The second kappa shape index (κ2) is 8.75.